The second-order valence-corrected chi connectivity index (χ2v) is 7.35. The van der Waals surface area contributed by atoms with Gasteiger partial charge in [-0.05, 0) is 37.1 Å². The molecule has 0 radical (unpaired) electrons. The number of aryl methyl sites for hydroxylation is 2. The number of methoxy groups -OCH3 is 1. The van der Waals surface area contributed by atoms with E-state index in [1.807, 2.05) is 62.4 Å². The van der Waals surface area contributed by atoms with E-state index in [0.29, 0.717) is 22.9 Å². The normalized spacial score (nSPS) is 11.1. The van der Waals surface area contributed by atoms with Crippen molar-refractivity contribution in [3.8, 4) is 11.4 Å². The Morgan fingerprint density at radius 1 is 1.06 bits per heavy atom. The van der Waals surface area contributed by atoms with E-state index in [2.05, 4.69) is 15.4 Å². The Bertz CT molecular complexity index is 1310. The van der Waals surface area contributed by atoms with Gasteiger partial charge in [0.15, 0.2) is 5.65 Å². The second kappa shape index (κ2) is 8.53. The average molecular weight is 417 g/mol. The van der Waals surface area contributed by atoms with Crippen LogP contribution in [0.15, 0.2) is 59.4 Å². The monoisotopic (exact) mass is 417 g/mol. The number of nitrogens with zero attached hydrogens (tertiary/aromatic N) is 4. The van der Waals surface area contributed by atoms with Crippen LogP contribution in [0.2, 0.25) is 0 Å². The molecule has 1 amide bonds. The molecule has 0 aliphatic rings. The summed E-state index contributed by atoms with van der Waals surface area (Å²) in [7, 11) is 1.58. The molecule has 0 unspecified atom stereocenters. The van der Waals surface area contributed by atoms with Crippen LogP contribution in [0.1, 0.15) is 16.8 Å². The zero-order valence-corrected chi connectivity index (χ0v) is 17.6. The molecule has 0 fully saturated rings. The summed E-state index contributed by atoms with van der Waals surface area (Å²) in [4.78, 5) is 30.3. The lowest BCUT2D eigenvalue weighted by molar-refractivity contribution is -0.117. The maximum atomic E-state index is 13.1. The van der Waals surface area contributed by atoms with Crippen LogP contribution in [0, 0.1) is 13.8 Å². The summed E-state index contributed by atoms with van der Waals surface area (Å²) in [6, 6.07) is 16.7. The van der Waals surface area contributed by atoms with Crippen molar-refractivity contribution in [2.24, 2.45) is 0 Å². The number of ether oxygens (including phenoxy) is 1. The first kappa shape index (κ1) is 20.5. The molecule has 0 aliphatic heterocycles. The molecule has 31 heavy (non-hydrogen) atoms. The third-order valence-corrected chi connectivity index (χ3v) is 5.03. The molecule has 2 aromatic heterocycles. The van der Waals surface area contributed by atoms with Gasteiger partial charge in [-0.15, -0.1) is 5.10 Å². The fourth-order valence-corrected chi connectivity index (χ4v) is 3.35. The summed E-state index contributed by atoms with van der Waals surface area (Å²) < 4.78 is 7.77. The van der Waals surface area contributed by atoms with Crippen LogP contribution in [-0.2, 0) is 22.7 Å². The summed E-state index contributed by atoms with van der Waals surface area (Å²) in [5.74, 6) is 0.121. The summed E-state index contributed by atoms with van der Waals surface area (Å²) >= 11 is 0. The van der Waals surface area contributed by atoms with Gasteiger partial charge in [-0.1, -0.05) is 36.4 Å². The highest BCUT2D eigenvalue weighted by Gasteiger charge is 2.17. The van der Waals surface area contributed by atoms with Crippen molar-refractivity contribution >= 4 is 17.2 Å². The Balaban J connectivity index is 1.70. The van der Waals surface area contributed by atoms with Crippen molar-refractivity contribution in [3.63, 3.8) is 0 Å². The molecular weight excluding hydrogens is 394 g/mol. The maximum absolute atomic E-state index is 13.1. The fraction of sp³-hybridized carbons (Fsp3) is 0.217. The summed E-state index contributed by atoms with van der Waals surface area (Å²) in [5.41, 5.74) is 4.29. The molecule has 0 saturated carbocycles. The van der Waals surface area contributed by atoms with Crippen LogP contribution in [0.3, 0.4) is 0 Å². The second-order valence-electron chi connectivity index (χ2n) is 7.35. The molecule has 4 rings (SSSR count). The Morgan fingerprint density at radius 3 is 2.55 bits per heavy atom. The van der Waals surface area contributed by atoms with Gasteiger partial charge in [0.2, 0.25) is 5.91 Å². The van der Waals surface area contributed by atoms with Crippen LogP contribution >= 0.6 is 0 Å². The molecule has 8 heteroatoms. The minimum Gasteiger partial charge on any atom is -0.378 e. The Hall–Kier alpha value is -3.78. The van der Waals surface area contributed by atoms with Gasteiger partial charge in [-0.25, -0.2) is 18.9 Å². The lowest BCUT2D eigenvalue weighted by Crippen LogP contribution is -2.28. The number of carbonyl (C=O) groups excluding carboxylic acids is 1. The number of rotatable bonds is 6. The zero-order valence-electron chi connectivity index (χ0n) is 17.6. The van der Waals surface area contributed by atoms with Gasteiger partial charge in [-0.2, -0.15) is 0 Å². The number of hydrogen-bond donors (Lipinski definition) is 1. The predicted octanol–water partition coefficient (Wildman–Crippen LogP) is 2.96. The summed E-state index contributed by atoms with van der Waals surface area (Å²) in [6.07, 6.45) is 0. The molecule has 2 heterocycles. The summed E-state index contributed by atoms with van der Waals surface area (Å²) in [5, 5.41) is 7.19. The van der Waals surface area contributed by atoms with Crippen molar-refractivity contribution in [1.29, 1.82) is 0 Å². The van der Waals surface area contributed by atoms with Gasteiger partial charge in [0.25, 0.3) is 0 Å². The van der Waals surface area contributed by atoms with E-state index in [0.717, 1.165) is 21.4 Å². The van der Waals surface area contributed by atoms with Gasteiger partial charge in [-0.3, -0.25) is 4.79 Å². The van der Waals surface area contributed by atoms with Crippen molar-refractivity contribution in [2.75, 3.05) is 12.4 Å². The summed E-state index contributed by atoms with van der Waals surface area (Å²) in [6.45, 7) is 4.06. The number of nitrogens with one attached hydrogen (secondary N) is 1. The van der Waals surface area contributed by atoms with Crippen LogP contribution in [0.5, 0.6) is 0 Å². The number of amides is 1. The topological polar surface area (TPSA) is 90.5 Å². The number of aromatic nitrogens is 4. The first-order chi connectivity index (χ1) is 15.0. The molecule has 1 N–H and O–H groups in total. The van der Waals surface area contributed by atoms with Crippen molar-refractivity contribution in [1.82, 2.24) is 19.2 Å². The molecule has 8 nitrogen and oxygen atoms in total. The number of hydrogen-bond acceptors (Lipinski definition) is 5. The number of carbonyl (C=O) groups is 1. The van der Waals surface area contributed by atoms with Crippen LogP contribution in [0.25, 0.3) is 17.0 Å². The molecule has 0 atom stereocenters. The third-order valence-electron chi connectivity index (χ3n) is 5.03. The van der Waals surface area contributed by atoms with Crippen molar-refractivity contribution in [2.45, 2.75) is 27.0 Å². The SMILES string of the molecule is COCc1cc2nn(CC(=O)Nc3ccc(C)c(C)c3)c(=O)n2c(-c2ccccc2)n1. The Morgan fingerprint density at radius 2 is 1.84 bits per heavy atom. The largest absolute Gasteiger partial charge is 0.378 e. The standard InChI is InChI=1S/C23H23N5O3/c1-15-9-10-18(11-16(15)2)24-21(29)13-27-23(30)28-20(26-27)12-19(14-31-3)25-22(28)17-7-5-4-6-8-17/h4-12H,13-14H2,1-3H3,(H,24,29). The van der Waals surface area contributed by atoms with E-state index < -0.39 is 5.69 Å². The Kier molecular flexibility index (Phi) is 5.64. The maximum Gasteiger partial charge on any atom is 0.352 e. The number of anilines is 1. The predicted molar refractivity (Wildman–Crippen MR) is 118 cm³/mol. The van der Waals surface area contributed by atoms with Crippen molar-refractivity contribution in [3.05, 3.63) is 81.9 Å². The van der Waals surface area contributed by atoms with Crippen LogP contribution in [-0.4, -0.2) is 32.2 Å². The molecule has 0 aliphatic carbocycles. The van der Waals surface area contributed by atoms with Gasteiger partial charge < -0.3 is 10.1 Å². The molecular formula is C23H23N5O3. The molecule has 2 aromatic carbocycles. The van der Waals surface area contributed by atoms with E-state index in [4.69, 9.17) is 4.74 Å². The Labute approximate surface area is 179 Å². The lowest BCUT2D eigenvalue weighted by Gasteiger charge is -2.07. The van der Waals surface area contributed by atoms with Gasteiger partial charge >= 0.3 is 5.69 Å². The molecule has 0 saturated heterocycles. The fourth-order valence-electron chi connectivity index (χ4n) is 3.35. The first-order valence-corrected chi connectivity index (χ1v) is 9.87. The minimum atomic E-state index is -0.430. The molecule has 0 spiro atoms. The van der Waals surface area contributed by atoms with Crippen LogP contribution < -0.4 is 11.0 Å². The highest BCUT2D eigenvalue weighted by molar-refractivity contribution is 5.90. The van der Waals surface area contributed by atoms with Crippen LogP contribution in [0.4, 0.5) is 5.69 Å². The van der Waals surface area contributed by atoms with Gasteiger partial charge in [0.05, 0.1) is 12.3 Å². The van der Waals surface area contributed by atoms with E-state index >= 15 is 0 Å². The number of benzene rings is 2. The van der Waals surface area contributed by atoms with E-state index in [9.17, 15) is 9.59 Å². The number of fused-ring (bicyclic) bond motifs is 1. The van der Waals surface area contributed by atoms with Gasteiger partial charge in [0.1, 0.15) is 12.4 Å². The highest BCUT2D eigenvalue weighted by Crippen LogP contribution is 2.18. The highest BCUT2D eigenvalue weighted by atomic mass is 16.5. The lowest BCUT2D eigenvalue weighted by atomic mass is 10.1. The van der Waals surface area contributed by atoms with Gasteiger partial charge in [0, 0.05) is 24.4 Å². The zero-order chi connectivity index (χ0) is 22.0. The average Bonchev–Trinajstić information content (AvgIpc) is 3.06. The quantitative estimate of drug-likeness (QED) is 0.521. The van der Waals surface area contributed by atoms with E-state index in [1.165, 1.54) is 4.40 Å². The molecule has 158 valence electrons. The smallest absolute Gasteiger partial charge is 0.352 e. The molecule has 4 aromatic rings. The first-order valence-electron chi connectivity index (χ1n) is 9.87. The molecule has 0 bridgehead atoms. The third kappa shape index (κ3) is 4.24. The minimum absolute atomic E-state index is 0.207. The van der Waals surface area contributed by atoms with E-state index in [-0.39, 0.29) is 19.1 Å². The van der Waals surface area contributed by atoms with E-state index in [1.54, 1.807) is 13.2 Å². The van der Waals surface area contributed by atoms with Crippen molar-refractivity contribution < 1.29 is 9.53 Å².